The summed E-state index contributed by atoms with van der Waals surface area (Å²) in [6.07, 6.45) is 2.26. The van der Waals surface area contributed by atoms with Gasteiger partial charge in [0.1, 0.15) is 12.4 Å². The van der Waals surface area contributed by atoms with Crippen molar-refractivity contribution in [3.05, 3.63) is 52.5 Å². The van der Waals surface area contributed by atoms with Crippen LogP contribution in [0.4, 0.5) is 11.4 Å². The number of hydrogen-bond donors (Lipinski definition) is 2. The van der Waals surface area contributed by atoms with Gasteiger partial charge in [0.25, 0.3) is 0 Å². The van der Waals surface area contributed by atoms with Gasteiger partial charge in [0.15, 0.2) is 0 Å². The van der Waals surface area contributed by atoms with Crippen molar-refractivity contribution in [1.82, 2.24) is 0 Å². The fourth-order valence-corrected chi connectivity index (χ4v) is 2.92. The average molecular weight is 395 g/mol. The molecule has 2 N–H and O–H groups in total. The number of nitrogens with one attached hydrogen (secondary N) is 2. The molecular formula is C19H20Cl2N2O3. The van der Waals surface area contributed by atoms with Gasteiger partial charge in [-0.3, -0.25) is 4.79 Å². The summed E-state index contributed by atoms with van der Waals surface area (Å²) in [6, 6.07) is 12.4. The Bertz CT molecular complexity index is 764. The van der Waals surface area contributed by atoms with Crippen LogP contribution in [-0.2, 0) is 9.53 Å². The molecule has 1 fully saturated rings. The highest BCUT2D eigenvalue weighted by Crippen LogP contribution is 2.25. The molecule has 0 aromatic heterocycles. The van der Waals surface area contributed by atoms with Crippen molar-refractivity contribution in [3.63, 3.8) is 0 Å². The quantitative estimate of drug-likeness (QED) is 0.719. The van der Waals surface area contributed by atoms with E-state index in [1.54, 1.807) is 24.3 Å². The number of anilines is 2. The maximum Gasteiger partial charge on any atom is 0.243 e. The zero-order valence-corrected chi connectivity index (χ0v) is 15.6. The molecule has 2 aromatic rings. The number of carbonyl (C=O) groups excluding carboxylic acids is 1. The lowest BCUT2D eigenvalue weighted by Crippen LogP contribution is -2.21. The van der Waals surface area contributed by atoms with E-state index < -0.39 is 0 Å². The molecule has 7 heteroatoms. The Labute approximate surface area is 162 Å². The molecule has 0 bridgehead atoms. The summed E-state index contributed by atoms with van der Waals surface area (Å²) < 4.78 is 11.3. The molecule has 1 aliphatic heterocycles. The molecule has 1 atom stereocenters. The van der Waals surface area contributed by atoms with Crippen LogP contribution in [0.15, 0.2) is 42.5 Å². The molecule has 1 aliphatic rings. The van der Waals surface area contributed by atoms with Crippen LogP contribution in [0.1, 0.15) is 12.8 Å². The topological polar surface area (TPSA) is 59.6 Å². The first-order valence-corrected chi connectivity index (χ1v) is 9.19. The van der Waals surface area contributed by atoms with Crippen molar-refractivity contribution in [2.75, 3.05) is 30.4 Å². The van der Waals surface area contributed by atoms with Crippen LogP contribution in [-0.4, -0.2) is 31.8 Å². The van der Waals surface area contributed by atoms with E-state index in [9.17, 15) is 4.79 Å². The Hall–Kier alpha value is -1.95. The van der Waals surface area contributed by atoms with E-state index in [1.165, 1.54) is 0 Å². The summed E-state index contributed by atoms with van der Waals surface area (Å²) in [7, 11) is 0. The second-order valence-corrected chi connectivity index (χ2v) is 6.82. The molecule has 1 amide bonds. The van der Waals surface area contributed by atoms with E-state index in [1.807, 2.05) is 18.2 Å². The minimum absolute atomic E-state index is 0.110. The van der Waals surface area contributed by atoms with Gasteiger partial charge in [-0.15, -0.1) is 0 Å². The predicted molar refractivity (Wildman–Crippen MR) is 104 cm³/mol. The lowest BCUT2D eigenvalue weighted by Gasteiger charge is -2.13. The van der Waals surface area contributed by atoms with Crippen molar-refractivity contribution in [2.24, 2.45) is 0 Å². The first-order valence-electron chi connectivity index (χ1n) is 8.43. The number of carbonyl (C=O) groups is 1. The standard InChI is InChI=1S/C19H20Cl2N2O3/c20-17-7-6-13(10-18(17)21)22-11-19(24)23-14-3-1-4-15(9-14)26-12-16-5-2-8-25-16/h1,3-4,6-7,9-10,16,22H,2,5,8,11-12H2,(H,23,24). The fraction of sp³-hybridized carbons (Fsp3) is 0.316. The van der Waals surface area contributed by atoms with Gasteiger partial charge in [0.05, 0.1) is 22.7 Å². The highest BCUT2D eigenvalue weighted by atomic mass is 35.5. The molecular weight excluding hydrogens is 375 g/mol. The van der Waals surface area contributed by atoms with Gasteiger partial charge in [0, 0.05) is 24.0 Å². The highest BCUT2D eigenvalue weighted by Gasteiger charge is 2.16. The van der Waals surface area contributed by atoms with Gasteiger partial charge < -0.3 is 20.1 Å². The number of hydrogen-bond acceptors (Lipinski definition) is 4. The van der Waals surface area contributed by atoms with Crippen LogP contribution < -0.4 is 15.4 Å². The molecule has 2 aromatic carbocycles. The monoisotopic (exact) mass is 394 g/mol. The molecule has 0 saturated carbocycles. The molecule has 5 nitrogen and oxygen atoms in total. The Morgan fingerprint density at radius 1 is 1.15 bits per heavy atom. The third kappa shape index (κ3) is 5.53. The molecule has 26 heavy (non-hydrogen) atoms. The zero-order valence-electron chi connectivity index (χ0n) is 14.1. The third-order valence-electron chi connectivity index (χ3n) is 3.95. The molecule has 0 spiro atoms. The van der Waals surface area contributed by atoms with Crippen LogP contribution in [0.2, 0.25) is 10.0 Å². The van der Waals surface area contributed by atoms with Crippen molar-refractivity contribution in [3.8, 4) is 5.75 Å². The third-order valence-corrected chi connectivity index (χ3v) is 4.69. The molecule has 1 unspecified atom stereocenters. The lowest BCUT2D eigenvalue weighted by molar-refractivity contribution is -0.114. The number of benzene rings is 2. The maximum absolute atomic E-state index is 12.1. The minimum Gasteiger partial charge on any atom is -0.491 e. The molecule has 1 saturated heterocycles. The van der Waals surface area contributed by atoms with Crippen LogP contribution in [0.25, 0.3) is 0 Å². The summed E-state index contributed by atoms with van der Waals surface area (Å²) in [5, 5.41) is 6.75. The van der Waals surface area contributed by atoms with Crippen molar-refractivity contribution < 1.29 is 14.3 Å². The van der Waals surface area contributed by atoms with E-state index in [0.717, 1.165) is 25.1 Å². The van der Waals surface area contributed by atoms with Crippen molar-refractivity contribution in [2.45, 2.75) is 18.9 Å². The minimum atomic E-state index is -0.174. The predicted octanol–water partition coefficient (Wildman–Crippen LogP) is 4.60. The number of halogens is 2. The van der Waals surface area contributed by atoms with Gasteiger partial charge in [-0.05, 0) is 43.2 Å². The summed E-state index contributed by atoms with van der Waals surface area (Å²) in [5.74, 6) is 0.531. The maximum atomic E-state index is 12.1. The van der Waals surface area contributed by atoms with E-state index in [-0.39, 0.29) is 18.6 Å². The molecule has 1 heterocycles. The van der Waals surface area contributed by atoms with Crippen molar-refractivity contribution in [1.29, 1.82) is 0 Å². The van der Waals surface area contributed by atoms with Crippen LogP contribution in [0.5, 0.6) is 5.75 Å². The molecule has 0 radical (unpaired) electrons. The van der Waals surface area contributed by atoms with E-state index in [2.05, 4.69) is 10.6 Å². The van der Waals surface area contributed by atoms with Gasteiger partial charge >= 0.3 is 0 Å². The lowest BCUT2D eigenvalue weighted by atomic mass is 10.2. The first kappa shape index (κ1) is 18.8. The van der Waals surface area contributed by atoms with Crippen LogP contribution >= 0.6 is 23.2 Å². The van der Waals surface area contributed by atoms with Crippen molar-refractivity contribution >= 4 is 40.5 Å². The van der Waals surface area contributed by atoms with E-state index in [0.29, 0.717) is 28.1 Å². The Kier molecular flexibility index (Phi) is 6.61. The second-order valence-electron chi connectivity index (χ2n) is 6.00. The Balaban J connectivity index is 1.48. The normalized spacial score (nSPS) is 16.3. The highest BCUT2D eigenvalue weighted by molar-refractivity contribution is 6.42. The molecule has 3 rings (SSSR count). The smallest absolute Gasteiger partial charge is 0.243 e. The number of amides is 1. The van der Waals surface area contributed by atoms with E-state index >= 15 is 0 Å². The number of rotatable bonds is 7. The Morgan fingerprint density at radius 3 is 2.81 bits per heavy atom. The number of ether oxygens (including phenoxy) is 2. The second kappa shape index (κ2) is 9.12. The van der Waals surface area contributed by atoms with Gasteiger partial charge in [0.2, 0.25) is 5.91 Å². The fourth-order valence-electron chi connectivity index (χ4n) is 2.62. The molecule has 0 aliphatic carbocycles. The average Bonchev–Trinajstić information content (AvgIpc) is 3.15. The molecule has 138 valence electrons. The van der Waals surface area contributed by atoms with Crippen LogP contribution in [0, 0.1) is 0 Å². The Morgan fingerprint density at radius 2 is 2.04 bits per heavy atom. The summed E-state index contributed by atoms with van der Waals surface area (Å²) in [4.78, 5) is 12.1. The summed E-state index contributed by atoms with van der Waals surface area (Å²) in [6.45, 7) is 1.44. The first-order chi connectivity index (χ1) is 12.6. The summed E-state index contributed by atoms with van der Waals surface area (Å²) >= 11 is 11.8. The zero-order chi connectivity index (χ0) is 18.4. The van der Waals surface area contributed by atoms with Gasteiger partial charge in [-0.2, -0.15) is 0 Å². The largest absolute Gasteiger partial charge is 0.491 e. The van der Waals surface area contributed by atoms with Gasteiger partial charge in [-0.1, -0.05) is 29.3 Å². The SMILES string of the molecule is O=C(CNc1ccc(Cl)c(Cl)c1)Nc1cccc(OCC2CCCO2)c1. The van der Waals surface area contributed by atoms with E-state index in [4.69, 9.17) is 32.7 Å². The summed E-state index contributed by atoms with van der Waals surface area (Å²) in [5.41, 5.74) is 1.40. The van der Waals surface area contributed by atoms with Crippen LogP contribution in [0.3, 0.4) is 0 Å². The van der Waals surface area contributed by atoms with Gasteiger partial charge in [-0.25, -0.2) is 0 Å².